The smallest absolute Gasteiger partial charge is 0.200 e. The standard InChI is InChI=1S/C20H14O4/c1-12-9-16-19(22)15-8-7-14(23-13-5-3-2-4-6-13)11-18(15)24-20(16)17(21)10-12/h2-11,21H,1H3. The maximum absolute atomic E-state index is 12.7. The number of phenolic OH excluding ortho intramolecular Hbond substituents is 1. The van der Waals surface area contributed by atoms with Crippen molar-refractivity contribution in [3.8, 4) is 17.2 Å². The third-order valence-corrected chi connectivity index (χ3v) is 3.85. The molecule has 0 spiro atoms. The number of benzene rings is 3. The Labute approximate surface area is 137 Å². The van der Waals surface area contributed by atoms with Gasteiger partial charge in [-0.2, -0.15) is 0 Å². The summed E-state index contributed by atoms with van der Waals surface area (Å²) in [6.45, 7) is 1.82. The first-order valence-electron chi connectivity index (χ1n) is 7.55. The minimum Gasteiger partial charge on any atom is -0.504 e. The summed E-state index contributed by atoms with van der Waals surface area (Å²) in [6, 6.07) is 17.7. The van der Waals surface area contributed by atoms with Gasteiger partial charge in [-0.25, -0.2) is 0 Å². The van der Waals surface area contributed by atoms with Gasteiger partial charge in [-0.05, 0) is 48.9 Å². The molecule has 4 aromatic rings. The van der Waals surface area contributed by atoms with Gasteiger partial charge in [0, 0.05) is 6.07 Å². The highest BCUT2D eigenvalue weighted by Crippen LogP contribution is 2.30. The Bertz CT molecular complexity index is 1110. The van der Waals surface area contributed by atoms with Crippen LogP contribution in [0.1, 0.15) is 5.56 Å². The summed E-state index contributed by atoms with van der Waals surface area (Å²) in [5.74, 6) is 1.21. The number of phenols is 1. The molecule has 4 nitrogen and oxygen atoms in total. The van der Waals surface area contributed by atoms with Crippen LogP contribution in [-0.4, -0.2) is 5.11 Å². The molecule has 0 fully saturated rings. The van der Waals surface area contributed by atoms with Gasteiger partial charge in [-0.1, -0.05) is 18.2 Å². The highest BCUT2D eigenvalue weighted by molar-refractivity contribution is 5.93. The van der Waals surface area contributed by atoms with Crippen molar-refractivity contribution in [2.45, 2.75) is 6.92 Å². The van der Waals surface area contributed by atoms with E-state index in [0.29, 0.717) is 27.9 Å². The number of hydrogen-bond donors (Lipinski definition) is 1. The number of para-hydroxylation sites is 1. The van der Waals surface area contributed by atoms with Crippen molar-refractivity contribution in [3.05, 3.63) is 76.5 Å². The second-order valence-corrected chi connectivity index (χ2v) is 5.66. The first kappa shape index (κ1) is 14.3. The molecule has 0 unspecified atom stereocenters. The van der Waals surface area contributed by atoms with Crippen molar-refractivity contribution in [1.29, 1.82) is 0 Å². The maximum atomic E-state index is 12.7. The summed E-state index contributed by atoms with van der Waals surface area (Å²) in [7, 11) is 0. The minimum atomic E-state index is -0.170. The largest absolute Gasteiger partial charge is 0.504 e. The van der Waals surface area contributed by atoms with Gasteiger partial charge < -0.3 is 14.3 Å². The summed E-state index contributed by atoms with van der Waals surface area (Å²) in [6.07, 6.45) is 0. The van der Waals surface area contributed by atoms with Crippen LogP contribution in [0.4, 0.5) is 0 Å². The molecule has 0 atom stereocenters. The van der Waals surface area contributed by atoms with Crippen LogP contribution in [0.25, 0.3) is 21.9 Å². The molecular weight excluding hydrogens is 304 g/mol. The lowest BCUT2D eigenvalue weighted by Crippen LogP contribution is -2.02. The van der Waals surface area contributed by atoms with E-state index in [1.165, 1.54) is 0 Å². The fraction of sp³-hybridized carbons (Fsp3) is 0.0500. The predicted molar refractivity (Wildman–Crippen MR) is 92.9 cm³/mol. The Morgan fingerprint density at radius 3 is 2.50 bits per heavy atom. The molecule has 0 saturated carbocycles. The minimum absolute atomic E-state index is 0.0432. The van der Waals surface area contributed by atoms with Crippen LogP contribution in [0.15, 0.2) is 69.9 Å². The van der Waals surface area contributed by atoms with Crippen molar-refractivity contribution in [2.24, 2.45) is 0 Å². The maximum Gasteiger partial charge on any atom is 0.200 e. The molecule has 0 aliphatic heterocycles. The van der Waals surface area contributed by atoms with Gasteiger partial charge in [-0.3, -0.25) is 4.79 Å². The average molecular weight is 318 g/mol. The van der Waals surface area contributed by atoms with Crippen LogP contribution in [0, 0.1) is 6.92 Å². The van der Waals surface area contributed by atoms with E-state index in [1.54, 1.807) is 30.3 Å². The van der Waals surface area contributed by atoms with E-state index in [1.807, 2.05) is 37.3 Å². The quantitative estimate of drug-likeness (QED) is 0.542. The van der Waals surface area contributed by atoms with Crippen LogP contribution in [0.2, 0.25) is 0 Å². The monoisotopic (exact) mass is 318 g/mol. The van der Waals surface area contributed by atoms with Gasteiger partial charge in [0.25, 0.3) is 0 Å². The predicted octanol–water partition coefficient (Wildman–Crippen LogP) is 4.75. The first-order chi connectivity index (χ1) is 11.6. The second kappa shape index (κ2) is 5.42. The molecule has 4 rings (SSSR count). The Kier molecular flexibility index (Phi) is 3.24. The average Bonchev–Trinajstić information content (AvgIpc) is 2.57. The molecule has 1 aromatic heterocycles. The number of ether oxygens (including phenoxy) is 1. The lowest BCUT2D eigenvalue weighted by Gasteiger charge is -2.08. The first-order valence-corrected chi connectivity index (χ1v) is 7.55. The number of fused-ring (bicyclic) bond motifs is 2. The van der Waals surface area contributed by atoms with Crippen LogP contribution >= 0.6 is 0 Å². The lowest BCUT2D eigenvalue weighted by molar-refractivity contribution is 0.466. The van der Waals surface area contributed by atoms with Gasteiger partial charge in [0.1, 0.15) is 17.1 Å². The molecular formula is C20H14O4. The van der Waals surface area contributed by atoms with Crippen molar-refractivity contribution in [1.82, 2.24) is 0 Å². The van der Waals surface area contributed by atoms with E-state index in [4.69, 9.17) is 9.15 Å². The highest BCUT2D eigenvalue weighted by Gasteiger charge is 2.12. The fourth-order valence-electron chi connectivity index (χ4n) is 2.75. The van der Waals surface area contributed by atoms with Crippen molar-refractivity contribution >= 4 is 21.9 Å². The van der Waals surface area contributed by atoms with Crippen molar-refractivity contribution in [2.75, 3.05) is 0 Å². The second-order valence-electron chi connectivity index (χ2n) is 5.66. The van der Waals surface area contributed by atoms with E-state index >= 15 is 0 Å². The molecule has 0 bridgehead atoms. The molecule has 24 heavy (non-hydrogen) atoms. The zero-order valence-electron chi connectivity index (χ0n) is 12.9. The molecule has 1 N–H and O–H groups in total. The zero-order chi connectivity index (χ0) is 16.7. The number of hydrogen-bond acceptors (Lipinski definition) is 4. The van der Waals surface area contributed by atoms with E-state index in [0.717, 1.165) is 5.56 Å². The summed E-state index contributed by atoms with van der Waals surface area (Å²) in [5.41, 5.74) is 1.20. The summed E-state index contributed by atoms with van der Waals surface area (Å²) in [4.78, 5) is 12.7. The fourth-order valence-corrected chi connectivity index (χ4v) is 2.75. The molecule has 0 aliphatic rings. The zero-order valence-corrected chi connectivity index (χ0v) is 12.9. The molecule has 0 radical (unpaired) electrons. The van der Waals surface area contributed by atoms with Crippen LogP contribution in [-0.2, 0) is 0 Å². The van der Waals surface area contributed by atoms with Gasteiger partial charge in [0.2, 0.25) is 5.43 Å². The molecule has 0 aliphatic carbocycles. The lowest BCUT2D eigenvalue weighted by atomic mass is 10.1. The summed E-state index contributed by atoms with van der Waals surface area (Å²) >= 11 is 0. The normalized spacial score (nSPS) is 11.0. The molecule has 4 heteroatoms. The van der Waals surface area contributed by atoms with Gasteiger partial charge in [0.15, 0.2) is 11.3 Å². The Hall–Kier alpha value is -3.27. The van der Waals surface area contributed by atoms with Gasteiger partial charge >= 0.3 is 0 Å². The third kappa shape index (κ3) is 2.38. The SMILES string of the molecule is Cc1cc(O)c2oc3cc(Oc4ccccc4)ccc3c(=O)c2c1. The van der Waals surface area contributed by atoms with E-state index in [2.05, 4.69) is 0 Å². The van der Waals surface area contributed by atoms with Crippen LogP contribution in [0.5, 0.6) is 17.2 Å². The Morgan fingerprint density at radius 1 is 0.917 bits per heavy atom. The van der Waals surface area contributed by atoms with Crippen molar-refractivity contribution in [3.63, 3.8) is 0 Å². The van der Waals surface area contributed by atoms with E-state index in [-0.39, 0.29) is 16.8 Å². The van der Waals surface area contributed by atoms with Gasteiger partial charge in [0.05, 0.1) is 10.8 Å². The molecule has 3 aromatic carbocycles. The summed E-state index contributed by atoms with van der Waals surface area (Å²) < 4.78 is 11.5. The number of aromatic hydroxyl groups is 1. The Morgan fingerprint density at radius 2 is 1.71 bits per heavy atom. The topological polar surface area (TPSA) is 59.7 Å². The van der Waals surface area contributed by atoms with Gasteiger partial charge in [-0.15, -0.1) is 0 Å². The number of rotatable bonds is 2. The van der Waals surface area contributed by atoms with E-state index < -0.39 is 0 Å². The third-order valence-electron chi connectivity index (χ3n) is 3.85. The molecule has 1 heterocycles. The molecule has 118 valence electrons. The van der Waals surface area contributed by atoms with E-state index in [9.17, 15) is 9.90 Å². The molecule has 0 saturated heterocycles. The van der Waals surface area contributed by atoms with Crippen LogP contribution < -0.4 is 10.2 Å². The van der Waals surface area contributed by atoms with Crippen LogP contribution in [0.3, 0.4) is 0 Å². The Balaban J connectivity index is 1.91. The van der Waals surface area contributed by atoms with Crippen molar-refractivity contribution < 1.29 is 14.3 Å². The highest BCUT2D eigenvalue weighted by atomic mass is 16.5. The molecule has 0 amide bonds. The summed E-state index contributed by atoms with van der Waals surface area (Å²) in [5, 5.41) is 10.9. The number of aryl methyl sites for hydroxylation is 1.